The van der Waals surface area contributed by atoms with Crippen LogP contribution in [-0.2, 0) is 0 Å². The standard InChI is InChI=1S/C14H25N3/c1-5-6-7-8-9-15-13-10-12(4)16-14(17-13)11(2)3/h10-11H,5-9H2,1-4H3,(H,15,16,17). The van der Waals surface area contributed by atoms with Crippen molar-refractivity contribution in [2.75, 3.05) is 11.9 Å². The second-order valence-corrected chi connectivity index (χ2v) is 4.89. The minimum atomic E-state index is 0.385. The van der Waals surface area contributed by atoms with Crippen molar-refractivity contribution in [1.29, 1.82) is 0 Å². The SMILES string of the molecule is CCCCCCNc1cc(C)nc(C(C)C)n1. The van der Waals surface area contributed by atoms with Crippen molar-refractivity contribution in [3.05, 3.63) is 17.6 Å². The number of hydrogen-bond acceptors (Lipinski definition) is 3. The van der Waals surface area contributed by atoms with Gasteiger partial charge in [0.05, 0.1) is 0 Å². The van der Waals surface area contributed by atoms with Crippen LogP contribution in [0.3, 0.4) is 0 Å². The highest BCUT2D eigenvalue weighted by Crippen LogP contribution is 2.13. The fraction of sp³-hybridized carbons (Fsp3) is 0.714. The summed E-state index contributed by atoms with van der Waals surface area (Å²) in [6.45, 7) is 9.51. The maximum Gasteiger partial charge on any atom is 0.133 e. The van der Waals surface area contributed by atoms with Gasteiger partial charge < -0.3 is 5.32 Å². The molecule has 0 aromatic carbocycles. The average molecular weight is 235 g/mol. The molecule has 0 amide bonds. The molecule has 0 unspecified atom stereocenters. The Hall–Kier alpha value is -1.12. The predicted molar refractivity (Wildman–Crippen MR) is 73.5 cm³/mol. The van der Waals surface area contributed by atoms with Gasteiger partial charge in [-0.05, 0) is 13.3 Å². The van der Waals surface area contributed by atoms with Crippen LogP contribution in [0.2, 0.25) is 0 Å². The van der Waals surface area contributed by atoms with Crippen LogP contribution in [-0.4, -0.2) is 16.5 Å². The molecule has 1 N–H and O–H groups in total. The van der Waals surface area contributed by atoms with Crippen LogP contribution in [0.15, 0.2) is 6.07 Å². The molecule has 1 aromatic heterocycles. The molecule has 0 saturated carbocycles. The Morgan fingerprint density at radius 3 is 2.59 bits per heavy atom. The van der Waals surface area contributed by atoms with E-state index in [4.69, 9.17) is 0 Å². The summed E-state index contributed by atoms with van der Waals surface area (Å²) in [5.41, 5.74) is 1.04. The Morgan fingerprint density at radius 1 is 1.18 bits per heavy atom. The summed E-state index contributed by atoms with van der Waals surface area (Å²) < 4.78 is 0. The number of anilines is 1. The van der Waals surface area contributed by atoms with Gasteiger partial charge in [-0.3, -0.25) is 0 Å². The first-order chi connectivity index (χ1) is 8.13. The molecule has 96 valence electrons. The molecule has 1 rings (SSSR count). The molecule has 0 spiro atoms. The molecule has 0 aliphatic rings. The molecule has 3 heteroatoms. The molecule has 17 heavy (non-hydrogen) atoms. The first kappa shape index (κ1) is 13.9. The van der Waals surface area contributed by atoms with Crippen molar-refractivity contribution in [2.45, 2.75) is 59.3 Å². The summed E-state index contributed by atoms with van der Waals surface area (Å²) in [7, 11) is 0. The summed E-state index contributed by atoms with van der Waals surface area (Å²) in [4.78, 5) is 8.97. The highest BCUT2D eigenvalue weighted by molar-refractivity contribution is 5.36. The van der Waals surface area contributed by atoms with Crippen LogP contribution in [0, 0.1) is 6.92 Å². The van der Waals surface area contributed by atoms with Gasteiger partial charge in [0, 0.05) is 24.2 Å². The molecular formula is C14H25N3. The molecule has 1 heterocycles. The van der Waals surface area contributed by atoms with E-state index in [2.05, 4.69) is 36.1 Å². The largest absolute Gasteiger partial charge is 0.370 e. The molecule has 0 atom stereocenters. The molecule has 3 nitrogen and oxygen atoms in total. The van der Waals surface area contributed by atoms with Gasteiger partial charge in [-0.15, -0.1) is 0 Å². The first-order valence-electron chi connectivity index (χ1n) is 6.73. The van der Waals surface area contributed by atoms with Crippen molar-refractivity contribution in [3.8, 4) is 0 Å². The summed E-state index contributed by atoms with van der Waals surface area (Å²) in [6, 6.07) is 2.02. The van der Waals surface area contributed by atoms with Crippen molar-refractivity contribution in [2.24, 2.45) is 0 Å². The van der Waals surface area contributed by atoms with Gasteiger partial charge in [-0.1, -0.05) is 40.0 Å². The molecule has 1 aromatic rings. The van der Waals surface area contributed by atoms with Gasteiger partial charge in [0.25, 0.3) is 0 Å². The zero-order valence-electron chi connectivity index (χ0n) is 11.6. The lowest BCUT2D eigenvalue weighted by molar-refractivity contribution is 0.683. The fourth-order valence-electron chi connectivity index (χ4n) is 1.71. The number of aryl methyl sites for hydroxylation is 1. The molecule has 0 aliphatic carbocycles. The van der Waals surface area contributed by atoms with Gasteiger partial charge >= 0.3 is 0 Å². The monoisotopic (exact) mass is 235 g/mol. The van der Waals surface area contributed by atoms with Crippen LogP contribution in [0.1, 0.15) is 63.9 Å². The van der Waals surface area contributed by atoms with E-state index < -0.39 is 0 Å². The molecule has 0 fully saturated rings. The Morgan fingerprint density at radius 2 is 1.94 bits per heavy atom. The average Bonchev–Trinajstić information content (AvgIpc) is 2.28. The summed E-state index contributed by atoms with van der Waals surface area (Å²) in [5.74, 6) is 2.29. The molecule has 0 saturated heterocycles. The second kappa shape index (κ2) is 7.25. The van der Waals surface area contributed by atoms with E-state index in [0.29, 0.717) is 5.92 Å². The van der Waals surface area contributed by atoms with Gasteiger partial charge in [0.2, 0.25) is 0 Å². The lowest BCUT2D eigenvalue weighted by Gasteiger charge is -2.10. The Balaban J connectivity index is 2.47. The Bertz CT molecular complexity index is 334. The van der Waals surface area contributed by atoms with Crippen molar-refractivity contribution < 1.29 is 0 Å². The van der Waals surface area contributed by atoms with Crippen LogP contribution >= 0.6 is 0 Å². The van der Waals surface area contributed by atoms with E-state index in [1.807, 2.05) is 13.0 Å². The van der Waals surface area contributed by atoms with E-state index in [9.17, 15) is 0 Å². The third-order valence-corrected chi connectivity index (χ3v) is 2.72. The van der Waals surface area contributed by atoms with E-state index in [-0.39, 0.29) is 0 Å². The highest BCUT2D eigenvalue weighted by atomic mass is 15.0. The minimum absolute atomic E-state index is 0.385. The summed E-state index contributed by atoms with van der Waals surface area (Å²) >= 11 is 0. The van der Waals surface area contributed by atoms with Crippen LogP contribution in [0.5, 0.6) is 0 Å². The first-order valence-corrected chi connectivity index (χ1v) is 6.73. The summed E-state index contributed by atoms with van der Waals surface area (Å²) in [6.07, 6.45) is 5.12. The van der Waals surface area contributed by atoms with Crippen molar-refractivity contribution >= 4 is 5.82 Å². The molecule has 0 radical (unpaired) electrons. The number of aromatic nitrogens is 2. The van der Waals surface area contributed by atoms with Gasteiger partial charge in [-0.25, -0.2) is 9.97 Å². The summed E-state index contributed by atoms with van der Waals surface area (Å²) in [5, 5.41) is 3.39. The zero-order chi connectivity index (χ0) is 12.7. The molecule has 0 bridgehead atoms. The van der Waals surface area contributed by atoms with Crippen molar-refractivity contribution in [3.63, 3.8) is 0 Å². The number of hydrogen-bond donors (Lipinski definition) is 1. The zero-order valence-corrected chi connectivity index (χ0v) is 11.6. The quantitative estimate of drug-likeness (QED) is 0.728. The number of nitrogens with zero attached hydrogens (tertiary/aromatic N) is 2. The van der Waals surface area contributed by atoms with Crippen LogP contribution in [0.4, 0.5) is 5.82 Å². The van der Waals surface area contributed by atoms with E-state index in [1.54, 1.807) is 0 Å². The third kappa shape index (κ3) is 5.16. The maximum absolute atomic E-state index is 4.53. The van der Waals surface area contributed by atoms with Gasteiger partial charge in [0.1, 0.15) is 11.6 Å². The van der Waals surface area contributed by atoms with Crippen LogP contribution < -0.4 is 5.32 Å². The van der Waals surface area contributed by atoms with E-state index in [1.165, 1.54) is 25.7 Å². The lowest BCUT2D eigenvalue weighted by atomic mass is 10.2. The van der Waals surface area contributed by atoms with Gasteiger partial charge in [-0.2, -0.15) is 0 Å². The lowest BCUT2D eigenvalue weighted by Crippen LogP contribution is -2.07. The predicted octanol–water partition coefficient (Wildman–Crippen LogP) is 3.90. The number of rotatable bonds is 7. The minimum Gasteiger partial charge on any atom is -0.370 e. The number of unbranched alkanes of at least 4 members (excludes halogenated alkanes) is 3. The smallest absolute Gasteiger partial charge is 0.133 e. The fourth-order valence-corrected chi connectivity index (χ4v) is 1.71. The third-order valence-electron chi connectivity index (χ3n) is 2.72. The number of nitrogens with one attached hydrogen (secondary N) is 1. The molecule has 0 aliphatic heterocycles. The van der Waals surface area contributed by atoms with Crippen LogP contribution in [0.25, 0.3) is 0 Å². The van der Waals surface area contributed by atoms with E-state index >= 15 is 0 Å². The maximum atomic E-state index is 4.53. The molecular weight excluding hydrogens is 210 g/mol. The van der Waals surface area contributed by atoms with Gasteiger partial charge in [0.15, 0.2) is 0 Å². The normalized spacial score (nSPS) is 10.9. The highest BCUT2D eigenvalue weighted by Gasteiger charge is 2.05. The topological polar surface area (TPSA) is 37.8 Å². The second-order valence-electron chi connectivity index (χ2n) is 4.89. The Labute approximate surface area is 105 Å². The van der Waals surface area contributed by atoms with E-state index in [0.717, 1.165) is 23.9 Å². The Kier molecular flexibility index (Phi) is 5.95. The van der Waals surface area contributed by atoms with Crippen molar-refractivity contribution in [1.82, 2.24) is 9.97 Å².